The molecule has 0 bridgehead atoms. The normalized spacial score (nSPS) is 12.9. The summed E-state index contributed by atoms with van der Waals surface area (Å²) in [5.74, 6) is 0.681. The van der Waals surface area contributed by atoms with Crippen molar-refractivity contribution in [1.82, 2.24) is 4.90 Å². The lowest BCUT2D eigenvalue weighted by Crippen LogP contribution is -2.45. The molecule has 0 amide bonds. The monoisotopic (exact) mass is 200 g/mol. The van der Waals surface area contributed by atoms with Crippen LogP contribution in [0.25, 0.3) is 0 Å². The van der Waals surface area contributed by atoms with E-state index in [1.165, 1.54) is 0 Å². The van der Waals surface area contributed by atoms with Crippen LogP contribution in [0, 0.1) is 11.3 Å². The molecule has 0 saturated carbocycles. The Morgan fingerprint density at radius 2 is 1.86 bits per heavy atom. The number of nitrogens with zero attached hydrogens (tertiary/aromatic N) is 1. The number of nitrogens with one attached hydrogen (secondary N) is 1. The van der Waals surface area contributed by atoms with Gasteiger partial charge in [-0.3, -0.25) is 5.41 Å². The molecular formula is C10H24N4. The van der Waals surface area contributed by atoms with Crippen molar-refractivity contribution in [2.75, 3.05) is 13.1 Å². The fourth-order valence-electron chi connectivity index (χ4n) is 1.33. The van der Waals surface area contributed by atoms with Crippen molar-refractivity contribution in [3.05, 3.63) is 0 Å². The van der Waals surface area contributed by atoms with E-state index >= 15 is 0 Å². The summed E-state index contributed by atoms with van der Waals surface area (Å²) in [5, 5.41) is 7.48. The zero-order chi connectivity index (χ0) is 11.1. The first kappa shape index (κ1) is 13.2. The van der Waals surface area contributed by atoms with Crippen LogP contribution in [-0.2, 0) is 0 Å². The van der Waals surface area contributed by atoms with Crippen LogP contribution in [0.2, 0.25) is 0 Å². The second-order valence-electron chi connectivity index (χ2n) is 4.06. The summed E-state index contributed by atoms with van der Waals surface area (Å²) >= 11 is 0. The summed E-state index contributed by atoms with van der Waals surface area (Å²) in [7, 11) is 0. The van der Waals surface area contributed by atoms with E-state index in [9.17, 15) is 0 Å². The lowest BCUT2D eigenvalue weighted by molar-refractivity contribution is 0.258. The van der Waals surface area contributed by atoms with Crippen LogP contribution in [0.4, 0.5) is 0 Å². The molecule has 0 aliphatic heterocycles. The molecule has 5 N–H and O–H groups in total. The quantitative estimate of drug-likeness (QED) is 0.339. The number of guanidine groups is 1. The van der Waals surface area contributed by atoms with Gasteiger partial charge < -0.3 is 16.4 Å². The standard InChI is InChI=1S/C10H24N4/c1-8(2)9(3)14(10(12)13)7-5-4-6-11/h8-9H,4-7,11H2,1-3H3,(H3,12,13). The van der Waals surface area contributed by atoms with Gasteiger partial charge in [0.25, 0.3) is 0 Å². The van der Waals surface area contributed by atoms with Crippen LogP contribution in [0.3, 0.4) is 0 Å². The van der Waals surface area contributed by atoms with Crippen LogP contribution in [0.15, 0.2) is 0 Å². The number of unbranched alkanes of at least 4 members (excludes halogenated alkanes) is 1. The highest BCUT2D eigenvalue weighted by Gasteiger charge is 2.17. The topological polar surface area (TPSA) is 79.1 Å². The Balaban J connectivity index is 4.08. The Hall–Kier alpha value is -0.770. The largest absolute Gasteiger partial charge is 0.370 e. The molecular weight excluding hydrogens is 176 g/mol. The van der Waals surface area contributed by atoms with Crippen molar-refractivity contribution >= 4 is 5.96 Å². The van der Waals surface area contributed by atoms with Crippen LogP contribution in [-0.4, -0.2) is 30.0 Å². The average molecular weight is 200 g/mol. The minimum absolute atomic E-state index is 0.170. The van der Waals surface area contributed by atoms with Gasteiger partial charge >= 0.3 is 0 Å². The van der Waals surface area contributed by atoms with E-state index in [1.807, 2.05) is 4.90 Å². The summed E-state index contributed by atoms with van der Waals surface area (Å²) in [5.41, 5.74) is 11.0. The highest BCUT2D eigenvalue weighted by Crippen LogP contribution is 2.10. The zero-order valence-electron chi connectivity index (χ0n) is 9.59. The Kier molecular flexibility index (Phi) is 6.28. The maximum atomic E-state index is 7.48. The van der Waals surface area contributed by atoms with E-state index < -0.39 is 0 Å². The molecule has 0 aliphatic rings. The van der Waals surface area contributed by atoms with E-state index in [4.69, 9.17) is 16.9 Å². The van der Waals surface area contributed by atoms with Gasteiger partial charge in [-0.1, -0.05) is 13.8 Å². The second-order valence-corrected chi connectivity index (χ2v) is 4.06. The van der Waals surface area contributed by atoms with Crippen LogP contribution < -0.4 is 11.5 Å². The smallest absolute Gasteiger partial charge is 0.188 e. The molecule has 84 valence electrons. The maximum absolute atomic E-state index is 7.48. The van der Waals surface area contributed by atoms with Gasteiger partial charge in [0.15, 0.2) is 5.96 Å². The van der Waals surface area contributed by atoms with Crippen molar-refractivity contribution in [1.29, 1.82) is 5.41 Å². The summed E-state index contributed by atoms with van der Waals surface area (Å²) in [4.78, 5) is 1.94. The van der Waals surface area contributed by atoms with Gasteiger partial charge in [-0.15, -0.1) is 0 Å². The lowest BCUT2D eigenvalue weighted by Gasteiger charge is -2.32. The van der Waals surface area contributed by atoms with Crippen molar-refractivity contribution in [3.63, 3.8) is 0 Å². The van der Waals surface area contributed by atoms with Gasteiger partial charge in [0.2, 0.25) is 0 Å². The predicted molar refractivity (Wildman–Crippen MR) is 61.2 cm³/mol. The highest BCUT2D eigenvalue weighted by atomic mass is 15.2. The second kappa shape index (κ2) is 6.65. The SMILES string of the molecule is CC(C)C(C)N(CCCCN)C(=N)N. The minimum atomic E-state index is 0.170. The molecule has 4 nitrogen and oxygen atoms in total. The van der Waals surface area contributed by atoms with Gasteiger partial charge in [0.1, 0.15) is 0 Å². The number of rotatable bonds is 6. The van der Waals surface area contributed by atoms with Crippen molar-refractivity contribution < 1.29 is 0 Å². The van der Waals surface area contributed by atoms with Crippen molar-refractivity contribution in [3.8, 4) is 0 Å². The summed E-state index contributed by atoms with van der Waals surface area (Å²) in [6.07, 6.45) is 2.00. The molecule has 1 unspecified atom stereocenters. The summed E-state index contributed by atoms with van der Waals surface area (Å²) in [6.45, 7) is 7.94. The first-order valence-electron chi connectivity index (χ1n) is 5.31. The van der Waals surface area contributed by atoms with Crippen LogP contribution in [0.5, 0.6) is 0 Å². The molecule has 4 heteroatoms. The molecule has 0 spiro atoms. The molecule has 0 aliphatic carbocycles. The highest BCUT2D eigenvalue weighted by molar-refractivity contribution is 5.74. The van der Waals surface area contributed by atoms with E-state index in [0.717, 1.165) is 19.4 Å². The Labute approximate surface area is 87.1 Å². The van der Waals surface area contributed by atoms with Gasteiger partial charge in [-0.2, -0.15) is 0 Å². The first-order chi connectivity index (χ1) is 6.50. The Morgan fingerprint density at radius 1 is 1.29 bits per heavy atom. The van der Waals surface area contributed by atoms with Gasteiger partial charge in [0.05, 0.1) is 0 Å². The van der Waals surface area contributed by atoms with E-state index in [1.54, 1.807) is 0 Å². The molecule has 0 aromatic rings. The van der Waals surface area contributed by atoms with Crippen molar-refractivity contribution in [2.45, 2.75) is 39.7 Å². The molecule has 0 saturated heterocycles. The summed E-state index contributed by atoms with van der Waals surface area (Å²) in [6, 6.07) is 0.324. The van der Waals surface area contributed by atoms with Crippen LogP contribution >= 0.6 is 0 Å². The zero-order valence-corrected chi connectivity index (χ0v) is 9.59. The van der Waals surface area contributed by atoms with Crippen LogP contribution in [0.1, 0.15) is 33.6 Å². The number of hydrogen-bond donors (Lipinski definition) is 3. The third-order valence-electron chi connectivity index (χ3n) is 2.62. The fraction of sp³-hybridized carbons (Fsp3) is 0.900. The molecule has 0 heterocycles. The molecule has 0 rings (SSSR count). The van der Waals surface area contributed by atoms with Crippen molar-refractivity contribution in [2.24, 2.45) is 17.4 Å². The lowest BCUT2D eigenvalue weighted by atomic mass is 10.0. The molecule has 14 heavy (non-hydrogen) atoms. The minimum Gasteiger partial charge on any atom is -0.370 e. The van der Waals surface area contributed by atoms with Gasteiger partial charge in [-0.25, -0.2) is 0 Å². The van der Waals surface area contributed by atoms with Gasteiger partial charge in [-0.05, 0) is 32.2 Å². The first-order valence-corrected chi connectivity index (χ1v) is 5.31. The third kappa shape index (κ3) is 4.46. The van der Waals surface area contributed by atoms with E-state index in [0.29, 0.717) is 18.5 Å². The van der Waals surface area contributed by atoms with E-state index in [-0.39, 0.29) is 5.96 Å². The molecule has 0 aromatic carbocycles. The average Bonchev–Trinajstić information content (AvgIpc) is 2.10. The maximum Gasteiger partial charge on any atom is 0.188 e. The molecule has 1 atom stereocenters. The van der Waals surface area contributed by atoms with Gasteiger partial charge in [0, 0.05) is 12.6 Å². The van der Waals surface area contributed by atoms with E-state index in [2.05, 4.69) is 20.8 Å². The molecule has 0 radical (unpaired) electrons. The number of hydrogen-bond acceptors (Lipinski definition) is 2. The Bertz CT molecular complexity index is 168. The Morgan fingerprint density at radius 3 is 2.21 bits per heavy atom. The predicted octanol–water partition coefficient (Wildman–Crippen LogP) is 0.965. The molecule has 0 fully saturated rings. The number of nitrogens with two attached hydrogens (primary N) is 2. The molecule has 0 aromatic heterocycles. The summed E-state index contributed by atoms with van der Waals surface area (Å²) < 4.78 is 0. The fourth-order valence-corrected chi connectivity index (χ4v) is 1.33. The third-order valence-corrected chi connectivity index (χ3v) is 2.62.